The van der Waals surface area contributed by atoms with Crippen LogP contribution in [0.3, 0.4) is 0 Å². The van der Waals surface area contributed by atoms with Gasteiger partial charge in [-0.2, -0.15) is 0 Å². The molecule has 0 aliphatic carbocycles. The Balaban J connectivity index is 1.38. The Labute approximate surface area is 163 Å². The molecule has 4 aromatic rings. The molecular weight excluding hydrogens is 348 g/mol. The van der Waals surface area contributed by atoms with E-state index in [1.54, 1.807) is 24.7 Å². The predicted molar refractivity (Wildman–Crippen MR) is 111 cm³/mol. The summed E-state index contributed by atoms with van der Waals surface area (Å²) in [5.74, 6) is 0.660. The van der Waals surface area contributed by atoms with Crippen LogP contribution in [-0.2, 0) is 11.3 Å². The van der Waals surface area contributed by atoms with Crippen LogP contribution in [0.15, 0.2) is 79.3 Å². The zero-order chi connectivity index (χ0) is 19.3. The smallest absolute Gasteiger partial charge is 0.244 e. The lowest BCUT2D eigenvalue weighted by Gasteiger charge is -2.06. The number of hydrogen-bond donors (Lipinski definition) is 1. The highest BCUT2D eigenvalue weighted by Crippen LogP contribution is 2.16. The van der Waals surface area contributed by atoms with Gasteiger partial charge >= 0.3 is 0 Å². The number of amides is 1. The molecule has 0 spiro atoms. The molecule has 28 heavy (non-hydrogen) atoms. The zero-order valence-electron chi connectivity index (χ0n) is 15.5. The van der Waals surface area contributed by atoms with Gasteiger partial charge < -0.3 is 5.32 Å². The Morgan fingerprint density at radius 1 is 1.04 bits per heavy atom. The maximum atomic E-state index is 12.0. The fourth-order valence-corrected chi connectivity index (χ4v) is 2.90. The van der Waals surface area contributed by atoms with Gasteiger partial charge in [-0.25, -0.2) is 9.97 Å². The third kappa shape index (κ3) is 3.99. The highest BCUT2D eigenvalue weighted by molar-refractivity contribution is 5.91. The molecule has 0 atom stereocenters. The second-order valence-corrected chi connectivity index (χ2v) is 6.59. The number of benzene rings is 2. The van der Waals surface area contributed by atoms with E-state index in [2.05, 4.69) is 15.3 Å². The van der Waals surface area contributed by atoms with Gasteiger partial charge in [0.2, 0.25) is 5.91 Å². The number of aromatic nitrogens is 3. The number of aryl methyl sites for hydroxylation is 1. The monoisotopic (exact) mass is 368 g/mol. The first-order chi connectivity index (χ1) is 13.7. The average Bonchev–Trinajstić information content (AvgIpc) is 3.16. The molecule has 4 rings (SSSR count). The van der Waals surface area contributed by atoms with Crippen molar-refractivity contribution in [2.75, 3.05) is 0 Å². The first-order valence-electron chi connectivity index (χ1n) is 9.09. The Hall–Kier alpha value is -3.73. The number of para-hydroxylation sites is 2. The summed E-state index contributed by atoms with van der Waals surface area (Å²) in [6.45, 7) is 2.46. The summed E-state index contributed by atoms with van der Waals surface area (Å²) in [4.78, 5) is 20.9. The van der Waals surface area contributed by atoms with Crippen molar-refractivity contribution in [3.63, 3.8) is 0 Å². The number of nitrogens with zero attached hydrogens (tertiary/aromatic N) is 3. The number of pyridine rings is 1. The molecule has 5 heteroatoms. The lowest BCUT2D eigenvalue weighted by molar-refractivity contribution is -0.116. The van der Waals surface area contributed by atoms with E-state index < -0.39 is 0 Å². The molecule has 0 unspecified atom stereocenters. The normalized spacial score (nSPS) is 11.2. The molecule has 2 heterocycles. The molecule has 0 fully saturated rings. The summed E-state index contributed by atoms with van der Waals surface area (Å²) in [5, 5.41) is 2.88. The van der Waals surface area contributed by atoms with Gasteiger partial charge in [0.25, 0.3) is 0 Å². The molecule has 2 aromatic heterocycles. The van der Waals surface area contributed by atoms with Crippen LogP contribution in [0.2, 0.25) is 0 Å². The molecule has 0 aliphatic heterocycles. The molecule has 0 bridgehead atoms. The van der Waals surface area contributed by atoms with Crippen LogP contribution in [0.4, 0.5) is 0 Å². The number of rotatable bonds is 5. The molecule has 0 aliphatic rings. The largest absolute Gasteiger partial charge is 0.348 e. The van der Waals surface area contributed by atoms with Crippen molar-refractivity contribution in [1.29, 1.82) is 0 Å². The van der Waals surface area contributed by atoms with Crippen LogP contribution in [0.1, 0.15) is 16.7 Å². The van der Waals surface area contributed by atoms with Crippen LogP contribution < -0.4 is 5.32 Å². The van der Waals surface area contributed by atoms with E-state index in [0.29, 0.717) is 6.54 Å². The fourth-order valence-electron chi connectivity index (χ4n) is 2.90. The predicted octanol–water partition coefficient (Wildman–Crippen LogP) is 4.06. The summed E-state index contributed by atoms with van der Waals surface area (Å²) < 4.78 is 1.95. The van der Waals surface area contributed by atoms with Crippen molar-refractivity contribution in [3.8, 4) is 5.82 Å². The van der Waals surface area contributed by atoms with Crippen LogP contribution >= 0.6 is 0 Å². The number of hydrogen-bond acceptors (Lipinski definition) is 3. The maximum absolute atomic E-state index is 12.0. The van der Waals surface area contributed by atoms with Crippen molar-refractivity contribution in [2.45, 2.75) is 13.5 Å². The minimum Gasteiger partial charge on any atom is -0.348 e. The minimum absolute atomic E-state index is 0.134. The second-order valence-electron chi connectivity index (χ2n) is 6.59. The highest BCUT2D eigenvalue weighted by atomic mass is 16.1. The van der Waals surface area contributed by atoms with Gasteiger partial charge in [0.15, 0.2) is 0 Å². The summed E-state index contributed by atoms with van der Waals surface area (Å²) >= 11 is 0. The molecule has 0 saturated heterocycles. The van der Waals surface area contributed by atoms with Gasteiger partial charge in [0, 0.05) is 18.8 Å². The highest BCUT2D eigenvalue weighted by Gasteiger charge is 2.05. The first kappa shape index (κ1) is 17.7. The molecule has 5 nitrogen and oxygen atoms in total. The Bertz CT molecular complexity index is 1130. The van der Waals surface area contributed by atoms with E-state index in [4.69, 9.17) is 0 Å². The number of carbonyl (C=O) groups excluding carboxylic acids is 1. The van der Waals surface area contributed by atoms with Crippen LogP contribution in [0.25, 0.3) is 22.9 Å². The van der Waals surface area contributed by atoms with Gasteiger partial charge in [-0.3, -0.25) is 9.36 Å². The van der Waals surface area contributed by atoms with E-state index >= 15 is 0 Å². The summed E-state index contributed by atoms with van der Waals surface area (Å²) in [7, 11) is 0. The summed E-state index contributed by atoms with van der Waals surface area (Å²) in [6.07, 6.45) is 6.89. The van der Waals surface area contributed by atoms with Crippen molar-refractivity contribution in [2.24, 2.45) is 0 Å². The van der Waals surface area contributed by atoms with Gasteiger partial charge in [-0.1, -0.05) is 48.0 Å². The molecule has 1 amide bonds. The van der Waals surface area contributed by atoms with Crippen molar-refractivity contribution in [3.05, 3.63) is 96.0 Å². The molecule has 0 saturated carbocycles. The van der Waals surface area contributed by atoms with Crippen LogP contribution in [0, 0.1) is 6.92 Å². The SMILES string of the molecule is Cc1ccc(/C=C/C(=O)NCc2ccc(-n3cnc4ccccc43)nc2)cc1. The Kier molecular flexibility index (Phi) is 4.97. The fraction of sp³-hybridized carbons (Fsp3) is 0.0870. The number of carbonyl (C=O) groups is 1. The van der Waals surface area contributed by atoms with Crippen LogP contribution in [0.5, 0.6) is 0 Å². The lowest BCUT2D eigenvalue weighted by atomic mass is 10.1. The quantitative estimate of drug-likeness (QED) is 0.541. The van der Waals surface area contributed by atoms with Crippen molar-refractivity contribution < 1.29 is 4.79 Å². The van der Waals surface area contributed by atoms with E-state index in [1.165, 1.54) is 5.56 Å². The standard InChI is InChI=1S/C23H20N4O/c1-17-6-8-18(9-7-17)11-13-23(28)25-15-19-10-12-22(24-14-19)27-16-26-20-4-2-3-5-21(20)27/h2-14,16H,15H2,1H3,(H,25,28)/b13-11+. The molecule has 2 aromatic carbocycles. The number of imidazole rings is 1. The second kappa shape index (κ2) is 7.88. The van der Waals surface area contributed by atoms with Crippen LogP contribution in [-0.4, -0.2) is 20.4 Å². The third-order valence-corrected chi connectivity index (χ3v) is 4.48. The maximum Gasteiger partial charge on any atom is 0.244 e. The average molecular weight is 368 g/mol. The van der Waals surface area contributed by atoms with Gasteiger partial charge in [0.1, 0.15) is 12.1 Å². The van der Waals surface area contributed by atoms with E-state index in [-0.39, 0.29) is 5.91 Å². The molecular formula is C23H20N4O. The third-order valence-electron chi connectivity index (χ3n) is 4.48. The van der Waals surface area contributed by atoms with Crippen molar-refractivity contribution in [1.82, 2.24) is 19.9 Å². The van der Waals surface area contributed by atoms with Crippen molar-refractivity contribution >= 4 is 23.0 Å². The lowest BCUT2D eigenvalue weighted by Crippen LogP contribution is -2.20. The Morgan fingerprint density at radius 2 is 1.86 bits per heavy atom. The number of nitrogens with one attached hydrogen (secondary N) is 1. The van der Waals surface area contributed by atoms with Gasteiger partial charge in [-0.05, 0) is 42.3 Å². The van der Waals surface area contributed by atoms with E-state index in [9.17, 15) is 4.79 Å². The Morgan fingerprint density at radius 3 is 2.64 bits per heavy atom. The topological polar surface area (TPSA) is 59.8 Å². The number of fused-ring (bicyclic) bond motifs is 1. The molecule has 0 radical (unpaired) electrons. The first-order valence-corrected chi connectivity index (χ1v) is 9.09. The summed E-state index contributed by atoms with van der Waals surface area (Å²) in [5.41, 5.74) is 5.07. The van der Waals surface area contributed by atoms with Gasteiger partial charge in [-0.15, -0.1) is 0 Å². The molecule has 1 N–H and O–H groups in total. The van der Waals surface area contributed by atoms with E-state index in [0.717, 1.165) is 28.0 Å². The minimum atomic E-state index is -0.134. The zero-order valence-corrected chi connectivity index (χ0v) is 15.5. The summed E-state index contributed by atoms with van der Waals surface area (Å²) in [6, 6.07) is 19.8. The molecule has 138 valence electrons. The van der Waals surface area contributed by atoms with Gasteiger partial charge in [0.05, 0.1) is 11.0 Å². The van der Waals surface area contributed by atoms with E-state index in [1.807, 2.05) is 72.2 Å².